The van der Waals surface area contributed by atoms with Gasteiger partial charge in [0.25, 0.3) is 5.91 Å². The van der Waals surface area contributed by atoms with Crippen molar-refractivity contribution < 1.29 is 9.90 Å². The molecule has 1 aliphatic rings. The smallest absolute Gasteiger partial charge is 0.276 e. The first-order valence-corrected chi connectivity index (χ1v) is 6.72. The second-order valence-corrected chi connectivity index (χ2v) is 5.16. The number of aromatic nitrogens is 1. The summed E-state index contributed by atoms with van der Waals surface area (Å²) in [6.07, 6.45) is 0.195. The molecule has 1 aromatic heterocycles. The van der Waals surface area contributed by atoms with Gasteiger partial charge in [-0.05, 0) is 30.3 Å². The number of fused-ring (bicyclic) bond motifs is 1. The van der Waals surface area contributed by atoms with Crippen LogP contribution in [0.15, 0.2) is 52.1 Å². The summed E-state index contributed by atoms with van der Waals surface area (Å²) < 4.78 is 0.852. The summed E-state index contributed by atoms with van der Waals surface area (Å²) >= 11 is 3.40. The molecule has 0 fully saturated rings. The highest BCUT2D eigenvalue weighted by Gasteiger charge is 2.24. The van der Waals surface area contributed by atoms with E-state index in [9.17, 15) is 9.90 Å². The van der Waals surface area contributed by atoms with Crippen LogP contribution >= 0.6 is 15.9 Å². The Balaban J connectivity index is 2.23. The Hall–Kier alpha value is -2.05. The number of carbonyl (C=O) groups excluding carboxylic acids is 1. The van der Waals surface area contributed by atoms with E-state index in [1.807, 2.05) is 18.2 Å². The second kappa shape index (κ2) is 5.15. The van der Waals surface area contributed by atoms with Gasteiger partial charge in [0.2, 0.25) is 6.23 Å². The van der Waals surface area contributed by atoms with E-state index in [-0.39, 0.29) is 0 Å². The van der Waals surface area contributed by atoms with Crippen molar-refractivity contribution in [1.82, 2.24) is 4.98 Å². The lowest BCUT2D eigenvalue weighted by Crippen LogP contribution is -2.24. The number of aliphatic hydroxyl groups excluding tert-OH is 1. The van der Waals surface area contributed by atoms with Crippen molar-refractivity contribution in [3.8, 4) is 0 Å². The molecule has 1 aromatic carbocycles. The number of aliphatic imine (C=N–C) groups is 1. The molecule has 100 valence electrons. The molecule has 1 unspecified atom stereocenters. The number of nitrogens with zero attached hydrogens (tertiary/aromatic N) is 2. The highest BCUT2D eigenvalue weighted by atomic mass is 79.9. The fourth-order valence-corrected chi connectivity index (χ4v) is 2.34. The van der Waals surface area contributed by atoms with Gasteiger partial charge in [-0.1, -0.05) is 22.0 Å². The Kier molecular flexibility index (Phi) is 3.33. The number of pyridine rings is 1. The third-order valence-electron chi connectivity index (χ3n) is 2.89. The highest BCUT2D eigenvalue weighted by Crippen LogP contribution is 2.26. The molecule has 5 nitrogen and oxygen atoms in total. The van der Waals surface area contributed by atoms with Gasteiger partial charge >= 0.3 is 0 Å². The predicted molar refractivity (Wildman–Crippen MR) is 78.7 cm³/mol. The van der Waals surface area contributed by atoms with Crippen LogP contribution in [0, 0.1) is 0 Å². The van der Waals surface area contributed by atoms with Gasteiger partial charge in [-0.3, -0.25) is 9.78 Å². The quantitative estimate of drug-likeness (QED) is 0.835. The monoisotopic (exact) mass is 337 g/mol. The van der Waals surface area contributed by atoms with Crippen molar-refractivity contribution in [1.29, 1.82) is 0 Å². The van der Waals surface area contributed by atoms with E-state index in [2.05, 4.69) is 31.2 Å². The lowest BCUT2D eigenvalue weighted by molar-refractivity contribution is -0.123. The minimum atomic E-state index is -1.45. The molecule has 3 rings (SSSR count). The zero-order chi connectivity index (χ0) is 14.1. The summed E-state index contributed by atoms with van der Waals surface area (Å²) in [5, 5.41) is 12.4. The van der Waals surface area contributed by atoms with Crippen molar-refractivity contribution >= 4 is 33.2 Å². The Morgan fingerprint density at radius 2 is 2.10 bits per heavy atom. The number of halogens is 1. The van der Waals surface area contributed by atoms with E-state index in [4.69, 9.17) is 0 Å². The Labute approximate surface area is 123 Å². The van der Waals surface area contributed by atoms with Crippen molar-refractivity contribution in [3.05, 3.63) is 58.3 Å². The number of rotatable bonds is 1. The maximum absolute atomic E-state index is 11.7. The zero-order valence-electron chi connectivity index (χ0n) is 10.2. The van der Waals surface area contributed by atoms with E-state index in [1.54, 1.807) is 24.4 Å². The minimum Gasteiger partial charge on any atom is -0.364 e. The molecule has 2 heterocycles. The summed E-state index contributed by atoms with van der Waals surface area (Å²) in [5.41, 5.74) is 2.39. The standard InChI is InChI=1S/C14H10BrN3O2/c15-8-4-5-10-9(7-8)12(11-3-1-2-6-16-11)18-14(20)13(19)17-10/h1-7,14,20H,(H,17,19)/i4+1,5+1,7+1,8+1,9+1,10+1. The molecular formula is C14H10BrN3O2. The minimum absolute atomic E-state index is 0.479. The number of nitrogens with one attached hydrogen (secondary N) is 1. The summed E-state index contributed by atoms with van der Waals surface area (Å²) in [7, 11) is 0. The van der Waals surface area contributed by atoms with Crippen LogP contribution in [-0.4, -0.2) is 27.9 Å². The molecular weight excluding hydrogens is 328 g/mol. The zero-order valence-corrected chi connectivity index (χ0v) is 11.8. The van der Waals surface area contributed by atoms with Gasteiger partial charge in [-0.15, -0.1) is 0 Å². The normalized spacial score (nSPS) is 17.8. The van der Waals surface area contributed by atoms with Crippen LogP contribution < -0.4 is 5.32 Å². The topological polar surface area (TPSA) is 74.6 Å². The largest absolute Gasteiger partial charge is 0.364 e. The van der Waals surface area contributed by atoms with Crippen LogP contribution in [0.3, 0.4) is 0 Å². The molecule has 0 bridgehead atoms. The lowest BCUT2D eigenvalue weighted by atomic mass is 10.3. The summed E-state index contributed by atoms with van der Waals surface area (Å²) in [5.74, 6) is -0.556. The second-order valence-electron chi connectivity index (χ2n) is 4.25. The average Bonchev–Trinajstić information content (AvgIpc) is 2.58. The lowest BCUT2D eigenvalue weighted by Gasteiger charge is -2.09. The molecule has 0 radical (unpaired) electrons. The maximum Gasteiger partial charge on any atom is 0.276 e. The van der Waals surface area contributed by atoms with Crippen molar-refractivity contribution in [2.75, 3.05) is 5.32 Å². The van der Waals surface area contributed by atoms with Crippen molar-refractivity contribution in [2.24, 2.45) is 4.99 Å². The molecule has 0 saturated carbocycles. The highest BCUT2D eigenvalue weighted by molar-refractivity contribution is 9.10. The number of anilines is 1. The number of hydrogen-bond donors (Lipinski definition) is 2. The van der Waals surface area contributed by atoms with Gasteiger partial charge in [0.1, 0.15) is 0 Å². The van der Waals surface area contributed by atoms with Gasteiger partial charge in [0, 0.05) is 16.2 Å². The fourth-order valence-electron chi connectivity index (χ4n) is 1.98. The van der Waals surface area contributed by atoms with Crippen LogP contribution in [0.5, 0.6) is 0 Å². The van der Waals surface area contributed by atoms with Gasteiger partial charge in [-0.2, -0.15) is 0 Å². The summed E-state index contributed by atoms with van der Waals surface area (Å²) in [6, 6.07) is 10.8. The molecule has 2 aromatic rings. The predicted octanol–water partition coefficient (Wildman–Crippen LogP) is 1.95. The Morgan fingerprint density at radius 1 is 1.25 bits per heavy atom. The average molecular weight is 338 g/mol. The molecule has 1 amide bonds. The first-order valence-electron chi connectivity index (χ1n) is 5.93. The maximum atomic E-state index is 11.7. The van der Waals surface area contributed by atoms with Gasteiger partial charge in [0.05, 0.1) is 17.1 Å². The molecule has 20 heavy (non-hydrogen) atoms. The van der Waals surface area contributed by atoms with Crippen molar-refractivity contribution in [2.45, 2.75) is 6.23 Å². The third kappa shape index (κ3) is 2.35. The van der Waals surface area contributed by atoms with Gasteiger partial charge in [-0.25, -0.2) is 4.99 Å². The Bertz CT molecular complexity index is 701. The van der Waals surface area contributed by atoms with E-state index in [1.165, 1.54) is 0 Å². The summed E-state index contributed by atoms with van der Waals surface area (Å²) in [4.78, 5) is 20.1. The van der Waals surface area contributed by atoms with Crippen LogP contribution in [0.1, 0.15) is 11.3 Å². The Morgan fingerprint density at radius 3 is 2.85 bits per heavy atom. The van der Waals surface area contributed by atoms with Crippen LogP contribution in [0.4, 0.5) is 5.69 Å². The first kappa shape index (κ1) is 13.0. The number of aliphatic hydroxyl groups is 1. The SMILES string of the molecule is O=C1N[13c]2[13cH][13cH][13c](Br)[13cH][13c]2C(c2ccccn2)=NC1O. The number of amides is 1. The first-order chi connectivity index (χ1) is 9.65. The molecule has 1 atom stereocenters. The molecule has 1 aliphatic heterocycles. The molecule has 0 aliphatic carbocycles. The number of carbonyl (C=O) groups is 1. The van der Waals surface area contributed by atoms with E-state index >= 15 is 0 Å². The van der Waals surface area contributed by atoms with E-state index in [0.717, 1.165) is 4.47 Å². The van der Waals surface area contributed by atoms with Crippen LogP contribution in [0.2, 0.25) is 0 Å². The number of hydrogen-bond acceptors (Lipinski definition) is 4. The number of benzodiazepines with no additional fused rings is 1. The summed E-state index contributed by atoms with van der Waals surface area (Å²) in [6.45, 7) is 0. The fraction of sp³-hybridized carbons (Fsp3) is 0.0714. The third-order valence-corrected chi connectivity index (χ3v) is 3.38. The molecule has 0 saturated heterocycles. The molecule has 6 heteroatoms. The number of benzene rings is 1. The van der Waals surface area contributed by atoms with E-state index in [0.29, 0.717) is 22.7 Å². The molecule has 2 N–H and O–H groups in total. The van der Waals surface area contributed by atoms with Crippen LogP contribution in [0.25, 0.3) is 0 Å². The van der Waals surface area contributed by atoms with E-state index < -0.39 is 12.1 Å². The van der Waals surface area contributed by atoms with Crippen LogP contribution in [-0.2, 0) is 4.79 Å². The molecule has 0 spiro atoms. The van der Waals surface area contributed by atoms with Crippen molar-refractivity contribution in [3.63, 3.8) is 0 Å². The van der Waals surface area contributed by atoms with Gasteiger partial charge in [0.15, 0.2) is 0 Å². The van der Waals surface area contributed by atoms with Gasteiger partial charge < -0.3 is 10.4 Å².